The van der Waals surface area contributed by atoms with Gasteiger partial charge in [-0.1, -0.05) is 0 Å². The quantitative estimate of drug-likeness (QED) is 0.843. The Labute approximate surface area is 140 Å². The number of aryl methyl sites for hydroxylation is 1. The summed E-state index contributed by atoms with van der Waals surface area (Å²) in [5.74, 6) is 1.24. The first-order chi connectivity index (χ1) is 11.7. The van der Waals surface area contributed by atoms with Crippen LogP contribution in [0.2, 0.25) is 0 Å². The first-order valence-electron chi connectivity index (χ1n) is 7.93. The fourth-order valence-electron chi connectivity index (χ4n) is 2.86. The predicted octanol–water partition coefficient (Wildman–Crippen LogP) is 1.34. The second-order valence-corrected chi connectivity index (χ2v) is 5.93. The molecule has 124 valence electrons. The van der Waals surface area contributed by atoms with Crippen molar-refractivity contribution in [2.24, 2.45) is 13.0 Å². The molecule has 0 aromatic carbocycles. The van der Waals surface area contributed by atoms with Crippen LogP contribution in [0.5, 0.6) is 5.88 Å². The zero-order valence-corrected chi connectivity index (χ0v) is 13.6. The van der Waals surface area contributed by atoms with Gasteiger partial charge in [-0.2, -0.15) is 5.26 Å². The molecule has 0 spiro atoms. The van der Waals surface area contributed by atoms with E-state index in [0.717, 1.165) is 25.9 Å². The van der Waals surface area contributed by atoms with Crippen LogP contribution in [0.15, 0.2) is 35.5 Å². The SMILES string of the molecule is Cn1ccnc(N2CCCC(COc3cc(C#N)ccn3)C2)c1=O. The Bertz CT molecular complexity index is 811. The van der Waals surface area contributed by atoms with Crippen molar-refractivity contribution in [2.45, 2.75) is 12.8 Å². The van der Waals surface area contributed by atoms with Gasteiger partial charge in [-0.3, -0.25) is 4.79 Å². The third-order valence-corrected chi connectivity index (χ3v) is 4.15. The Balaban J connectivity index is 1.64. The number of hydrogen-bond donors (Lipinski definition) is 0. The summed E-state index contributed by atoms with van der Waals surface area (Å²) in [6, 6.07) is 5.35. The molecular formula is C17H19N5O2. The van der Waals surface area contributed by atoms with Crippen molar-refractivity contribution in [2.75, 3.05) is 24.6 Å². The summed E-state index contributed by atoms with van der Waals surface area (Å²) in [7, 11) is 1.73. The Kier molecular flexibility index (Phi) is 4.75. The number of anilines is 1. The molecule has 3 rings (SSSR count). The Morgan fingerprint density at radius 3 is 3.12 bits per heavy atom. The molecule has 3 heterocycles. The number of hydrogen-bond acceptors (Lipinski definition) is 6. The summed E-state index contributed by atoms with van der Waals surface area (Å²) >= 11 is 0. The minimum Gasteiger partial charge on any atom is -0.477 e. The summed E-state index contributed by atoms with van der Waals surface area (Å²) in [6.45, 7) is 2.06. The third-order valence-electron chi connectivity index (χ3n) is 4.15. The van der Waals surface area contributed by atoms with Gasteiger partial charge in [0.15, 0.2) is 5.82 Å². The van der Waals surface area contributed by atoms with Crippen molar-refractivity contribution in [3.63, 3.8) is 0 Å². The Morgan fingerprint density at radius 1 is 1.42 bits per heavy atom. The van der Waals surface area contributed by atoms with E-state index in [1.165, 1.54) is 0 Å². The molecule has 7 nitrogen and oxygen atoms in total. The number of nitrogens with zero attached hydrogens (tertiary/aromatic N) is 5. The van der Waals surface area contributed by atoms with Gasteiger partial charge < -0.3 is 14.2 Å². The molecule has 1 unspecified atom stereocenters. The Morgan fingerprint density at radius 2 is 2.29 bits per heavy atom. The molecule has 0 bridgehead atoms. The molecule has 1 atom stereocenters. The lowest BCUT2D eigenvalue weighted by molar-refractivity contribution is 0.221. The highest BCUT2D eigenvalue weighted by Crippen LogP contribution is 2.20. The van der Waals surface area contributed by atoms with Gasteiger partial charge in [-0.15, -0.1) is 0 Å². The van der Waals surface area contributed by atoms with Gasteiger partial charge in [0.1, 0.15) is 0 Å². The lowest BCUT2D eigenvalue weighted by Crippen LogP contribution is -2.41. The molecule has 1 aliphatic heterocycles. The molecule has 1 saturated heterocycles. The van der Waals surface area contributed by atoms with Crippen LogP contribution in [0.3, 0.4) is 0 Å². The summed E-state index contributed by atoms with van der Waals surface area (Å²) in [4.78, 5) is 22.6. The van der Waals surface area contributed by atoms with Crippen molar-refractivity contribution in [3.8, 4) is 11.9 Å². The second-order valence-electron chi connectivity index (χ2n) is 5.93. The molecule has 0 amide bonds. The van der Waals surface area contributed by atoms with Gasteiger partial charge in [0.05, 0.1) is 18.2 Å². The van der Waals surface area contributed by atoms with Crippen LogP contribution < -0.4 is 15.2 Å². The lowest BCUT2D eigenvalue weighted by Gasteiger charge is -2.32. The maximum Gasteiger partial charge on any atom is 0.293 e. The minimum absolute atomic E-state index is 0.0811. The standard InChI is InChI=1S/C17H19N5O2/c1-21-8-6-20-16(17(21)23)22-7-2-3-14(11-22)12-24-15-9-13(10-18)4-5-19-15/h4-6,8-9,14H,2-3,7,11-12H2,1H3. The molecular weight excluding hydrogens is 306 g/mol. The number of piperidine rings is 1. The van der Waals surface area contributed by atoms with E-state index < -0.39 is 0 Å². The van der Waals surface area contributed by atoms with Gasteiger partial charge >= 0.3 is 0 Å². The zero-order chi connectivity index (χ0) is 16.9. The average molecular weight is 325 g/mol. The lowest BCUT2D eigenvalue weighted by atomic mass is 9.99. The van der Waals surface area contributed by atoms with Crippen molar-refractivity contribution >= 4 is 5.82 Å². The highest BCUT2D eigenvalue weighted by molar-refractivity contribution is 5.36. The highest BCUT2D eigenvalue weighted by atomic mass is 16.5. The molecule has 0 saturated carbocycles. The van der Waals surface area contributed by atoms with Crippen LogP contribution in [0.25, 0.3) is 0 Å². The first-order valence-corrected chi connectivity index (χ1v) is 7.93. The maximum absolute atomic E-state index is 12.2. The minimum atomic E-state index is -0.0811. The molecule has 1 aliphatic rings. The summed E-state index contributed by atoms with van der Waals surface area (Å²) in [5.41, 5.74) is 0.449. The topological polar surface area (TPSA) is 84.0 Å². The number of aromatic nitrogens is 3. The fourth-order valence-corrected chi connectivity index (χ4v) is 2.86. The monoisotopic (exact) mass is 325 g/mol. The largest absolute Gasteiger partial charge is 0.477 e. The smallest absolute Gasteiger partial charge is 0.293 e. The second kappa shape index (κ2) is 7.13. The molecule has 2 aromatic heterocycles. The van der Waals surface area contributed by atoms with Gasteiger partial charge in [0.25, 0.3) is 5.56 Å². The third kappa shape index (κ3) is 3.54. The van der Waals surface area contributed by atoms with E-state index in [-0.39, 0.29) is 11.5 Å². The van der Waals surface area contributed by atoms with Gasteiger partial charge in [-0.25, -0.2) is 9.97 Å². The zero-order valence-electron chi connectivity index (χ0n) is 13.6. The van der Waals surface area contributed by atoms with Crippen LogP contribution in [0.1, 0.15) is 18.4 Å². The van der Waals surface area contributed by atoms with E-state index >= 15 is 0 Å². The van der Waals surface area contributed by atoms with E-state index in [9.17, 15) is 4.79 Å². The van der Waals surface area contributed by atoms with Crippen molar-refractivity contribution < 1.29 is 4.74 Å². The normalized spacial score (nSPS) is 17.3. The van der Waals surface area contributed by atoms with E-state index in [2.05, 4.69) is 16.0 Å². The van der Waals surface area contributed by atoms with Crippen LogP contribution in [-0.4, -0.2) is 34.2 Å². The number of ether oxygens (including phenoxy) is 1. The molecule has 1 fully saturated rings. The first kappa shape index (κ1) is 16.0. The van der Waals surface area contributed by atoms with Crippen LogP contribution in [0, 0.1) is 17.2 Å². The van der Waals surface area contributed by atoms with E-state index in [1.807, 2.05) is 4.90 Å². The van der Waals surface area contributed by atoms with Gasteiger partial charge in [0, 0.05) is 50.7 Å². The molecule has 2 aromatic rings. The molecule has 24 heavy (non-hydrogen) atoms. The summed E-state index contributed by atoms with van der Waals surface area (Å²) in [5, 5.41) is 8.91. The van der Waals surface area contributed by atoms with E-state index in [4.69, 9.17) is 10.00 Å². The van der Waals surface area contributed by atoms with Gasteiger partial charge in [0.2, 0.25) is 5.88 Å². The molecule has 0 radical (unpaired) electrons. The highest BCUT2D eigenvalue weighted by Gasteiger charge is 2.23. The average Bonchev–Trinajstić information content (AvgIpc) is 2.63. The maximum atomic E-state index is 12.2. The summed E-state index contributed by atoms with van der Waals surface area (Å²) < 4.78 is 7.27. The van der Waals surface area contributed by atoms with Crippen LogP contribution in [-0.2, 0) is 7.05 Å². The van der Waals surface area contributed by atoms with Crippen LogP contribution >= 0.6 is 0 Å². The van der Waals surface area contributed by atoms with Gasteiger partial charge in [-0.05, 0) is 18.9 Å². The fraction of sp³-hybridized carbons (Fsp3) is 0.412. The van der Waals surface area contributed by atoms with E-state index in [0.29, 0.717) is 23.9 Å². The number of nitriles is 1. The number of rotatable bonds is 4. The van der Waals surface area contributed by atoms with Crippen molar-refractivity contribution in [3.05, 3.63) is 46.6 Å². The van der Waals surface area contributed by atoms with Crippen molar-refractivity contribution in [1.29, 1.82) is 5.26 Å². The summed E-state index contributed by atoms with van der Waals surface area (Å²) in [6.07, 6.45) is 6.89. The van der Waals surface area contributed by atoms with Crippen LogP contribution in [0.4, 0.5) is 5.82 Å². The number of pyridine rings is 1. The predicted molar refractivity (Wildman–Crippen MR) is 88.9 cm³/mol. The molecule has 0 aliphatic carbocycles. The Hall–Kier alpha value is -2.88. The van der Waals surface area contributed by atoms with E-state index in [1.54, 1.807) is 42.3 Å². The van der Waals surface area contributed by atoms with Crippen molar-refractivity contribution in [1.82, 2.24) is 14.5 Å². The molecule has 7 heteroatoms. The molecule has 0 N–H and O–H groups in total.